The number of amides is 1. The van der Waals surface area contributed by atoms with E-state index < -0.39 is 0 Å². The minimum atomic E-state index is -0.169. The molecular weight excluding hydrogens is 226 g/mol. The molecular formula is C15H21NO2. The first-order valence-electron chi connectivity index (χ1n) is 6.26. The van der Waals surface area contributed by atoms with E-state index in [1.54, 1.807) is 6.08 Å². The third kappa shape index (κ3) is 5.64. The van der Waals surface area contributed by atoms with Crippen LogP contribution in [-0.2, 0) is 4.79 Å². The molecule has 3 heteroatoms. The average molecular weight is 247 g/mol. The van der Waals surface area contributed by atoms with Gasteiger partial charge in [0.2, 0.25) is 5.91 Å². The zero-order chi connectivity index (χ0) is 13.4. The van der Waals surface area contributed by atoms with Crippen LogP contribution in [0.2, 0.25) is 0 Å². The predicted octanol–water partition coefficient (Wildman–Crippen LogP) is 2.22. The lowest BCUT2D eigenvalue weighted by Gasteiger charge is -2.17. The Labute approximate surface area is 109 Å². The molecule has 1 aromatic carbocycles. The first-order valence-corrected chi connectivity index (χ1v) is 6.26. The maximum Gasteiger partial charge on any atom is 0.244 e. The van der Waals surface area contributed by atoms with Crippen molar-refractivity contribution >= 4 is 12.0 Å². The van der Waals surface area contributed by atoms with Crippen LogP contribution in [0.5, 0.6) is 0 Å². The number of benzene rings is 1. The van der Waals surface area contributed by atoms with Crippen LogP contribution in [0.4, 0.5) is 0 Å². The number of hydrogen-bond donors (Lipinski definition) is 2. The van der Waals surface area contributed by atoms with Crippen LogP contribution in [0.1, 0.15) is 25.8 Å². The molecule has 1 aromatic rings. The minimum absolute atomic E-state index is 0.0247. The fourth-order valence-electron chi connectivity index (χ4n) is 1.73. The molecule has 0 aromatic heterocycles. The number of aliphatic hydroxyl groups excluding tert-OH is 1. The van der Waals surface area contributed by atoms with Gasteiger partial charge in [-0.1, -0.05) is 44.2 Å². The molecule has 1 atom stereocenters. The highest BCUT2D eigenvalue weighted by Gasteiger charge is 2.10. The standard InChI is InChI=1S/C15H21NO2/c1-12(2)10-14(11-17)16-15(18)9-8-13-6-4-3-5-7-13/h3-9,12,14,17H,10-11H2,1-2H3,(H,16,18)/b9-8+/t14-/m1/s1. The molecule has 0 saturated carbocycles. The Morgan fingerprint density at radius 3 is 2.56 bits per heavy atom. The van der Waals surface area contributed by atoms with E-state index in [1.807, 2.05) is 30.3 Å². The highest BCUT2D eigenvalue weighted by atomic mass is 16.3. The molecule has 0 saturated heterocycles. The second-order valence-corrected chi connectivity index (χ2v) is 4.76. The molecule has 2 N–H and O–H groups in total. The highest BCUT2D eigenvalue weighted by Crippen LogP contribution is 2.05. The summed E-state index contributed by atoms with van der Waals surface area (Å²) >= 11 is 0. The number of rotatable bonds is 6. The minimum Gasteiger partial charge on any atom is -0.394 e. The van der Waals surface area contributed by atoms with E-state index in [0.29, 0.717) is 5.92 Å². The van der Waals surface area contributed by atoms with Gasteiger partial charge in [0.25, 0.3) is 0 Å². The van der Waals surface area contributed by atoms with Crippen molar-refractivity contribution < 1.29 is 9.90 Å². The second-order valence-electron chi connectivity index (χ2n) is 4.76. The largest absolute Gasteiger partial charge is 0.394 e. The first kappa shape index (κ1) is 14.5. The van der Waals surface area contributed by atoms with Gasteiger partial charge in [-0.05, 0) is 24.0 Å². The maximum absolute atomic E-state index is 11.7. The summed E-state index contributed by atoms with van der Waals surface area (Å²) in [6, 6.07) is 9.47. The molecule has 0 fully saturated rings. The van der Waals surface area contributed by atoms with E-state index in [4.69, 9.17) is 0 Å². The maximum atomic E-state index is 11.7. The average Bonchev–Trinajstić information content (AvgIpc) is 2.36. The summed E-state index contributed by atoms with van der Waals surface area (Å²) in [5.41, 5.74) is 0.983. The van der Waals surface area contributed by atoms with Crippen molar-refractivity contribution in [3.05, 3.63) is 42.0 Å². The van der Waals surface area contributed by atoms with E-state index >= 15 is 0 Å². The Morgan fingerprint density at radius 2 is 2.00 bits per heavy atom. The molecule has 0 bridgehead atoms. The molecule has 0 spiro atoms. The molecule has 0 unspecified atom stereocenters. The lowest BCUT2D eigenvalue weighted by molar-refractivity contribution is -0.117. The summed E-state index contributed by atoms with van der Waals surface area (Å²) in [5.74, 6) is 0.277. The van der Waals surface area contributed by atoms with Crippen molar-refractivity contribution in [3.63, 3.8) is 0 Å². The number of carbonyl (C=O) groups is 1. The third-order valence-electron chi connectivity index (χ3n) is 2.55. The van der Waals surface area contributed by atoms with E-state index in [1.165, 1.54) is 6.08 Å². The Morgan fingerprint density at radius 1 is 1.33 bits per heavy atom. The Kier molecular flexibility index (Phi) is 6.15. The predicted molar refractivity (Wildman–Crippen MR) is 73.9 cm³/mol. The van der Waals surface area contributed by atoms with E-state index in [9.17, 15) is 9.90 Å². The Bertz CT molecular complexity index is 385. The van der Waals surface area contributed by atoms with Crippen molar-refractivity contribution in [2.24, 2.45) is 5.92 Å². The van der Waals surface area contributed by atoms with E-state index in [-0.39, 0.29) is 18.6 Å². The van der Waals surface area contributed by atoms with Crippen molar-refractivity contribution in [1.29, 1.82) is 0 Å². The van der Waals surface area contributed by atoms with E-state index in [0.717, 1.165) is 12.0 Å². The van der Waals surface area contributed by atoms with Gasteiger partial charge in [-0.2, -0.15) is 0 Å². The third-order valence-corrected chi connectivity index (χ3v) is 2.55. The van der Waals surface area contributed by atoms with Crippen molar-refractivity contribution in [2.75, 3.05) is 6.61 Å². The van der Waals surface area contributed by atoms with Gasteiger partial charge in [0.1, 0.15) is 0 Å². The summed E-state index contributed by atoms with van der Waals surface area (Å²) in [4.78, 5) is 11.7. The van der Waals surface area contributed by atoms with Gasteiger partial charge >= 0.3 is 0 Å². The van der Waals surface area contributed by atoms with E-state index in [2.05, 4.69) is 19.2 Å². The topological polar surface area (TPSA) is 49.3 Å². The Balaban J connectivity index is 2.48. The second kappa shape index (κ2) is 7.67. The van der Waals surface area contributed by atoms with Crippen LogP contribution in [0, 0.1) is 5.92 Å². The molecule has 0 heterocycles. The number of aliphatic hydroxyl groups is 1. The molecule has 3 nitrogen and oxygen atoms in total. The number of nitrogens with one attached hydrogen (secondary N) is 1. The highest BCUT2D eigenvalue weighted by molar-refractivity contribution is 5.91. The summed E-state index contributed by atoms with van der Waals surface area (Å²) in [5, 5.41) is 12.0. The fourth-order valence-corrected chi connectivity index (χ4v) is 1.73. The summed E-state index contributed by atoms with van der Waals surface area (Å²) in [6.07, 6.45) is 4.04. The van der Waals surface area contributed by atoms with Gasteiger partial charge in [0.05, 0.1) is 12.6 Å². The van der Waals surface area contributed by atoms with Crippen LogP contribution < -0.4 is 5.32 Å². The Hall–Kier alpha value is -1.61. The van der Waals surface area contributed by atoms with Crippen molar-refractivity contribution in [1.82, 2.24) is 5.32 Å². The molecule has 18 heavy (non-hydrogen) atoms. The van der Waals surface area contributed by atoms with Crippen molar-refractivity contribution in [3.8, 4) is 0 Å². The van der Waals surface area contributed by atoms with Crippen LogP contribution >= 0.6 is 0 Å². The van der Waals surface area contributed by atoms with Crippen LogP contribution in [0.3, 0.4) is 0 Å². The molecule has 1 rings (SSSR count). The molecule has 0 aliphatic heterocycles. The van der Waals surface area contributed by atoms with Gasteiger partial charge in [-0.3, -0.25) is 4.79 Å². The lowest BCUT2D eigenvalue weighted by atomic mass is 10.0. The zero-order valence-corrected chi connectivity index (χ0v) is 11.0. The molecule has 98 valence electrons. The van der Waals surface area contributed by atoms with Gasteiger partial charge in [-0.25, -0.2) is 0 Å². The van der Waals surface area contributed by atoms with Gasteiger partial charge < -0.3 is 10.4 Å². The van der Waals surface area contributed by atoms with Crippen LogP contribution in [-0.4, -0.2) is 23.7 Å². The summed E-state index contributed by atoms with van der Waals surface area (Å²) in [6.45, 7) is 4.10. The molecule has 0 radical (unpaired) electrons. The van der Waals surface area contributed by atoms with Crippen LogP contribution in [0.25, 0.3) is 6.08 Å². The summed E-state index contributed by atoms with van der Waals surface area (Å²) < 4.78 is 0. The monoisotopic (exact) mass is 247 g/mol. The van der Waals surface area contributed by atoms with Gasteiger partial charge in [0.15, 0.2) is 0 Å². The zero-order valence-electron chi connectivity index (χ0n) is 11.0. The summed E-state index contributed by atoms with van der Waals surface area (Å²) in [7, 11) is 0. The smallest absolute Gasteiger partial charge is 0.244 e. The lowest BCUT2D eigenvalue weighted by Crippen LogP contribution is -2.37. The SMILES string of the molecule is CC(C)C[C@H](CO)NC(=O)/C=C/c1ccccc1. The van der Waals surface area contributed by atoms with Gasteiger partial charge in [-0.15, -0.1) is 0 Å². The van der Waals surface area contributed by atoms with Crippen molar-refractivity contribution in [2.45, 2.75) is 26.3 Å². The molecule has 0 aliphatic rings. The first-order chi connectivity index (χ1) is 8.61. The van der Waals surface area contributed by atoms with Gasteiger partial charge in [0, 0.05) is 6.08 Å². The molecule has 0 aliphatic carbocycles. The van der Waals surface area contributed by atoms with Crippen LogP contribution in [0.15, 0.2) is 36.4 Å². The quantitative estimate of drug-likeness (QED) is 0.757. The molecule has 1 amide bonds. The number of hydrogen-bond acceptors (Lipinski definition) is 2. The fraction of sp³-hybridized carbons (Fsp3) is 0.400. The number of carbonyl (C=O) groups excluding carboxylic acids is 1. The normalized spacial score (nSPS) is 12.9.